The summed E-state index contributed by atoms with van der Waals surface area (Å²) in [5, 5.41) is 11.8. The number of pyridine rings is 1. The van der Waals surface area contributed by atoms with Crippen LogP contribution in [0.5, 0.6) is 5.75 Å². The van der Waals surface area contributed by atoms with E-state index in [4.69, 9.17) is 15.7 Å². The second-order valence-electron chi connectivity index (χ2n) is 5.49. The molecule has 3 N–H and O–H groups in total. The van der Waals surface area contributed by atoms with Crippen LogP contribution < -0.4 is 10.5 Å². The number of hydrogen-bond donors (Lipinski definition) is 2. The Balaban J connectivity index is 2.15. The van der Waals surface area contributed by atoms with Gasteiger partial charge in [0.25, 0.3) is 0 Å². The Morgan fingerprint density at radius 2 is 2.05 bits per heavy atom. The van der Waals surface area contributed by atoms with Crippen molar-refractivity contribution < 1.29 is 9.94 Å². The maximum absolute atomic E-state index is 8.77. The molecule has 19 heavy (non-hydrogen) atoms. The van der Waals surface area contributed by atoms with E-state index in [1.165, 1.54) is 6.42 Å². The standard InChI is InChI=1S/C14H21N3O2/c1-9-6-10(2)8-11(7-9)19-12-4-3-5-16-13(12)14(15)17-18/h3-5,9-11,18H,6-8H2,1-2H3,(H2,15,17). The summed E-state index contributed by atoms with van der Waals surface area (Å²) >= 11 is 0. The lowest BCUT2D eigenvalue weighted by atomic mass is 9.82. The van der Waals surface area contributed by atoms with Crippen LogP contribution in [-0.2, 0) is 0 Å². The summed E-state index contributed by atoms with van der Waals surface area (Å²) in [7, 11) is 0. The van der Waals surface area contributed by atoms with Gasteiger partial charge in [-0.15, -0.1) is 0 Å². The first kappa shape index (κ1) is 13.6. The molecule has 0 radical (unpaired) electrons. The van der Waals surface area contributed by atoms with Crippen LogP contribution >= 0.6 is 0 Å². The molecule has 104 valence electrons. The molecule has 0 saturated heterocycles. The zero-order valence-electron chi connectivity index (χ0n) is 11.4. The Morgan fingerprint density at radius 1 is 1.37 bits per heavy atom. The molecule has 1 heterocycles. The predicted octanol–water partition coefficient (Wildman–Crippen LogP) is 2.38. The van der Waals surface area contributed by atoms with Gasteiger partial charge in [0, 0.05) is 6.20 Å². The molecule has 1 aliphatic carbocycles. The molecular formula is C14H21N3O2. The van der Waals surface area contributed by atoms with Crippen LogP contribution in [0.3, 0.4) is 0 Å². The minimum absolute atomic E-state index is 0.0208. The van der Waals surface area contributed by atoms with Gasteiger partial charge in [-0.05, 0) is 43.2 Å². The maximum atomic E-state index is 8.77. The van der Waals surface area contributed by atoms with Gasteiger partial charge in [-0.1, -0.05) is 19.0 Å². The van der Waals surface area contributed by atoms with Crippen LogP contribution in [0.15, 0.2) is 23.5 Å². The van der Waals surface area contributed by atoms with Crippen LogP contribution in [0.1, 0.15) is 38.8 Å². The minimum atomic E-state index is -0.0208. The van der Waals surface area contributed by atoms with Gasteiger partial charge in [0.2, 0.25) is 0 Å². The summed E-state index contributed by atoms with van der Waals surface area (Å²) in [4.78, 5) is 4.11. The Bertz CT molecular complexity index is 452. The zero-order valence-corrected chi connectivity index (χ0v) is 11.4. The number of aromatic nitrogens is 1. The fourth-order valence-electron chi connectivity index (χ4n) is 2.87. The van der Waals surface area contributed by atoms with E-state index in [0.29, 0.717) is 23.3 Å². The van der Waals surface area contributed by atoms with Gasteiger partial charge in [-0.25, -0.2) is 4.98 Å². The molecule has 2 atom stereocenters. The predicted molar refractivity (Wildman–Crippen MR) is 73.3 cm³/mol. The van der Waals surface area contributed by atoms with Crippen molar-refractivity contribution >= 4 is 5.84 Å². The molecule has 0 aromatic carbocycles. The summed E-state index contributed by atoms with van der Waals surface area (Å²) in [6.45, 7) is 4.50. The molecule has 1 aromatic rings. The smallest absolute Gasteiger partial charge is 0.192 e. The minimum Gasteiger partial charge on any atom is -0.488 e. The summed E-state index contributed by atoms with van der Waals surface area (Å²) < 4.78 is 6.02. The highest BCUT2D eigenvalue weighted by molar-refractivity contribution is 5.97. The number of nitrogens with zero attached hydrogens (tertiary/aromatic N) is 2. The van der Waals surface area contributed by atoms with Gasteiger partial charge in [0.15, 0.2) is 11.5 Å². The van der Waals surface area contributed by atoms with Crippen molar-refractivity contribution in [3.05, 3.63) is 24.0 Å². The summed E-state index contributed by atoms with van der Waals surface area (Å²) in [5.41, 5.74) is 6.01. The SMILES string of the molecule is CC1CC(C)CC(Oc2cccnc2/C(N)=N/O)C1. The zero-order chi connectivity index (χ0) is 13.8. The van der Waals surface area contributed by atoms with E-state index in [2.05, 4.69) is 24.0 Å². The highest BCUT2D eigenvalue weighted by atomic mass is 16.5. The van der Waals surface area contributed by atoms with E-state index in [0.717, 1.165) is 12.8 Å². The van der Waals surface area contributed by atoms with Crippen LogP contribution in [0.25, 0.3) is 0 Å². The van der Waals surface area contributed by atoms with Crippen LogP contribution in [-0.4, -0.2) is 22.1 Å². The summed E-state index contributed by atoms with van der Waals surface area (Å²) in [5.74, 6) is 1.90. The molecule has 2 unspecified atom stereocenters. The Labute approximate surface area is 113 Å². The number of ether oxygens (including phenoxy) is 1. The highest BCUT2D eigenvalue weighted by Crippen LogP contribution is 2.31. The monoisotopic (exact) mass is 263 g/mol. The summed E-state index contributed by atoms with van der Waals surface area (Å²) in [6, 6.07) is 3.60. The number of rotatable bonds is 3. The lowest BCUT2D eigenvalue weighted by molar-refractivity contribution is 0.100. The Kier molecular flexibility index (Phi) is 4.24. The van der Waals surface area contributed by atoms with Gasteiger partial charge in [0.05, 0.1) is 6.10 Å². The second kappa shape index (κ2) is 5.91. The van der Waals surface area contributed by atoms with Gasteiger partial charge < -0.3 is 15.7 Å². The molecule has 5 nitrogen and oxygen atoms in total. The van der Waals surface area contributed by atoms with E-state index >= 15 is 0 Å². The lowest BCUT2D eigenvalue weighted by Gasteiger charge is -2.31. The largest absolute Gasteiger partial charge is 0.488 e. The third kappa shape index (κ3) is 3.36. The van der Waals surface area contributed by atoms with Gasteiger partial charge in [-0.2, -0.15) is 0 Å². The molecule has 5 heteroatoms. The number of oxime groups is 1. The van der Waals surface area contributed by atoms with E-state index in [-0.39, 0.29) is 11.9 Å². The van der Waals surface area contributed by atoms with Crippen molar-refractivity contribution in [1.29, 1.82) is 0 Å². The Hall–Kier alpha value is -1.78. The van der Waals surface area contributed by atoms with Crippen molar-refractivity contribution in [3.63, 3.8) is 0 Å². The van der Waals surface area contributed by atoms with E-state index in [1.54, 1.807) is 12.3 Å². The van der Waals surface area contributed by atoms with E-state index in [9.17, 15) is 0 Å². The van der Waals surface area contributed by atoms with Crippen molar-refractivity contribution in [2.45, 2.75) is 39.2 Å². The third-order valence-electron chi connectivity index (χ3n) is 3.55. The van der Waals surface area contributed by atoms with Gasteiger partial charge in [-0.3, -0.25) is 0 Å². The third-order valence-corrected chi connectivity index (χ3v) is 3.55. The fourth-order valence-corrected chi connectivity index (χ4v) is 2.87. The van der Waals surface area contributed by atoms with E-state index < -0.39 is 0 Å². The molecule has 0 spiro atoms. The molecule has 1 aliphatic rings. The van der Waals surface area contributed by atoms with Gasteiger partial charge >= 0.3 is 0 Å². The van der Waals surface area contributed by atoms with Crippen LogP contribution in [0, 0.1) is 11.8 Å². The maximum Gasteiger partial charge on any atom is 0.192 e. The van der Waals surface area contributed by atoms with Crippen LogP contribution in [0.2, 0.25) is 0 Å². The molecule has 2 rings (SSSR count). The molecule has 1 saturated carbocycles. The second-order valence-corrected chi connectivity index (χ2v) is 5.49. The number of amidine groups is 1. The average molecular weight is 263 g/mol. The first-order valence-electron chi connectivity index (χ1n) is 6.69. The number of hydrogen-bond acceptors (Lipinski definition) is 4. The summed E-state index contributed by atoms with van der Waals surface area (Å²) in [6.07, 6.45) is 5.10. The van der Waals surface area contributed by atoms with Crippen LogP contribution in [0.4, 0.5) is 0 Å². The normalized spacial score (nSPS) is 28.1. The molecule has 0 bridgehead atoms. The highest BCUT2D eigenvalue weighted by Gasteiger charge is 2.26. The first-order valence-corrected chi connectivity index (χ1v) is 6.69. The topological polar surface area (TPSA) is 80.7 Å². The number of nitrogens with two attached hydrogens (primary N) is 1. The van der Waals surface area contributed by atoms with Crippen molar-refractivity contribution in [2.75, 3.05) is 0 Å². The molecule has 1 aromatic heterocycles. The fraction of sp³-hybridized carbons (Fsp3) is 0.571. The molecule has 1 fully saturated rings. The first-order chi connectivity index (χ1) is 9.10. The van der Waals surface area contributed by atoms with Crippen molar-refractivity contribution in [3.8, 4) is 5.75 Å². The van der Waals surface area contributed by atoms with Crippen molar-refractivity contribution in [2.24, 2.45) is 22.7 Å². The molecule has 0 amide bonds. The molecular weight excluding hydrogens is 242 g/mol. The lowest BCUT2D eigenvalue weighted by Crippen LogP contribution is -2.29. The van der Waals surface area contributed by atoms with E-state index in [1.807, 2.05) is 6.07 Å². The average Bonchev–Trinajstić information content (AvgIpc) is 2.37. The van der Waals surface area contributed by atoms with Crippen molar-refractivity contribution in [1.82, 2.24) is 4.98 Å². The van der Waals surface area contributed by atoms with Gasteiger partial charge in [0.1, 0.15) is 5.75 Å². The molecule has 0 aliphatic heterocycles. The Morgan fingerprint density at radius 3 is 2.68 bits per heavy atom. The quantitative estimate of drug-likeness (QED) is 0.380.